The fraction of sp³-hybridized carbons (Fsp3) is 0.632. The monoisotopic (exact) mass is 432 g/mol. The lowest BCUT2D eigenvalue weighted by atomic mass is 9.93. The van der Waals surface area contributed by atoms with Crippen LogP contribution >= 0.6 is 23.2 Å². The molecular weight excluding hydrogens is 407 g/mol. The number of hydrogen-bond acceptors (Lipinski definition) is 3. The van der Waals surface area contributed by atoms with Crippen LogP contribution in [0.5, 0.6) is 0 Å². The van der Waals surface area contributed by atoms with Crippen molar-refractivity contribution in [1.29, 1.82) is 0 Å². The molecule has 3 rings (SSSR count). The minimum atomic E-state index is -3.44. The highest BCUT2D eigenvalue weighted by Gasteiger charge is 2.34. The third kappa shape index (κ3) is 5.17. The lowest BCUT2D eigenvalue weighted by Gasteiger charge is -2.36. The van der Waals surface area contributed by atoms with Crippen molar-refractivity contribution in [2.24, 2.45) is 11.8 Å². The van der Waals surface area contributed by atoms with Gasteiger partial charge in [-0.2, -0.15) is 0 Å². The van der Waals surface area contributed by atoms with Gasteiger partial charge in [0.2, 0.25) is 15.9 Å². The molecule has 0 aliphatic carbocycles. The van der Waals surface area contributed by atoms with Crippen LogP contribution in [0.3, 0.4) is 0 Å². The van der Waals surface area contributed by atoms with Crippen molar-refractivity contribution in [2.75, 3.05) is 26.2 Å². The molecule has 1 atom stereocenters. The molecule has 2 saturated heterocycles. The zero-order valence-corrected chi connectivity index (χ0v) is 17.9. The van der Waals surface area contributed by atoms with Gasteiger partial charge in [-0.15, -0.1) is 0 Å². The fourth-order valence-corrected chi connectivity index (χ4v) is 5.83. The zero-order chi connectivity index (χ0) is 19.6. The smallest absolute Gasteiger partial charge is 0.225 e. The highest BCUT2D eigenvalue weighted by Crippen LogP contribution is 2.27. The van der Waals surface area contributed by atoms with Gasteiger partial charge in [0.05, 0.1) is 15.8 Å². The first-order valence-corrected chi connectivity index (χ1v) is 11.8. The second-order valence-electron chi connectivity index (χ2n) is 7.71. The minimum Gasteiger partial charge on any atom is -0.342 e. The summed E-state index contributed by atoms with van der Waals surface area (Å²) in [6.45, 7) is 4.62. The molecule has 1 amide bonds. The number of amides is 1. The third-order valence-electron chi connectivity index (χ3n) is 5.50. The van der Waals surface area contributed by atoms with E-state index in [-0.39, 0.29) is 17.6 Å². The van der Waals surface area contributed by atoms with E-state index < -0.39 is 10.0 Å². The molecule has 0 saturated carbocycles. The first-order valence-electron chi connectivity index (χ1n) is 9.47. The average Bonchev–Trinajstić information content (AvgIpc) is 2.64. The first kappa shape index (κ1) is 20.9. The summed E-state index contributed by atoms with van der Waals surface area (Å²) in [5.74, 6) is 0.579. The Balaban J connectivity index is 1.57. The number of sulfonamides is 1. The van der Waals surface area contributed by atoms with Crippen LogP contribution in [0, 0.1) is 11.8 Å². The van der Waals surface area contributed by atoms with Crippen LogP contribution in [0.25, 0.3) is 0 Å². The molecule has 2 aliphatic rings. The van der Waals surface area contributed by atoms with Gasteiger partial charge in [0.1, 0.15) is 0 Å². The normalized spacial score (nSPS) is 22.8. The molecule has 2 fully saturated rings. The summed E-state index contributed by atoms with van der Waals surface area (Å²) < 4.78 is 27.0. The van der Waals surface area contributed by atoms with Crippen LogP contribution < -0.4 is 0 Å². The van der Waals surface area contributed by atoms with Gasteiger partial charge in [0.25, 0.3) is 0 Å². The van der Waals surface area contributed by atoms with Gasteiger partial charge in [0.15, 0.2) is 0 Å². The molecule has 150 valence electrons. The molecule has 27 heavy (non-hydrogen) atoms. The predicted octanol–water partition coefficient (Wildman–Crippen LogP) is 3.79. The molecular formula is C19H26Cl2N2O3S. The molecule has 1 aromatic carbocycles. The third-order valence-corrected chi connectivity index (χ3v) is 8.09. The van der Waals surface area contributed by atoms with Gasteiger partial charge < -0.3 is 4.90 Å². The first-order chi connectivity index (χ1) is 12.8. The number of rotatable bonds is 4. The second-order valence-corrected chi connectivity index (χ2v) is 10.5. The zero-order valence-electron chi connectivity index (χ0n) is 15.5. The minimum absolute atomic E-state index is 0.0632. The highest BCUT2D eigenvalue weighted by atomic mass is 35.5. The van der Waals surface area contributed by atoms with Crippen molar-refractivity contribution in [3.63, 3.8) is 0 Å². The van der Waals surface area contributed by atoms with E-state index in [2.05, 4.69) is 6.92 Å². The van der Waals surface area contributed by atoms with Crippen LogP contribution in [0.2, 0.25) is 10.0 Å². The maximum atomic E-state index is 12.7. The molecule has 0 bridgehead atoms. The fourth-order valence-electron chi connectivity index (χ4n) is 3.96. The number of nitrogens with zero attached hydrogens (tertiary/aromatic N) is 2. The summed E-state index contributed by atoms with van der Waals surface area (Å²) in [5, 5.41) is 0.758. The molecule has 0 N–H and O–H groups in total. The largest absolute Gasteiger partial charge is 0.342 e. The Morgan fingerprint density at radius 2 is 1.81 bits per heavy atom. The number of carbonyl (C=O) groups is 1. The van der Waals surface area contributed by atoms with Crippen LogP contribution in [0.1, 0.15) is 38.2 Å². The molecule has 8 heteroatoms. The van der Waals surface area contributed by atoms with Crippen molar-refractivity contribution in [3.8, 4) is 0 Å². The predicted molar refractivity (Wildman–Crippen MR) is 108 cm³/mol. The standard InChI is InChI=1S/C19H26Cl2N2O3S/c1-14-3-2-8-22(12-14)19(24)16-6-9-23(10-7-16)27(25,26)13-15-4-5-17(20)18(21)11-15/h4-5,11,14,16H,2-3,6-10,12-13H2,1H3/t14-/m1/s1. The van der Waals surface area contributed by atoms with Gasteiger partial charge in [-0.3, -0.25) is 4.79 Å². The lowest BCUT2D eigenvalue weighted by Crippen LogP contribution is -2.47. The van der Waals surface area contributed by atoms with Crippen molar-refractivity contribution in [3.05, 3.63) is 33.8 Å². The van der Waals surface area contributed by atoms with E-state index in [4.69, 9.17) is 23.2 Å². The number of carbonyl (C=O) groups excluding carboxylic acids is 1. The van der Waals surface area contributed by atoms with Crippen molar-refractivity contribution < 1.29 is 13.2 Å². The number of benzene rings is 1. The lowest BCUT2D eigenvalue weighted by molar-refractivity contribution is -0.138. The molecule has 1 aromatic rings. The highest BCUT2D eigenvalue weighted by molar-refractivity contribution is 7.88. The van der Waals surface area contributed by atoms with Crippen molar-refractivity contribution in [2.45, 2.75) is 38.4 Å². The molecule has 2 aliphatic heterocycles. The van der Waals surface area contributed by atoms with E-state index in [1.807, 2.05) is 4.90 Å². The Morgan fingerprint density at radius 3 is 2.44 bits per heavy atom. The molecule has 2 heterocycles. The Labute approximate surface area is 171 Å². The Morgan fingerprint density at radius 1 is 1.11 bits per heavy atom. The van der Waals surface area contributed by atoms with E-state index in [0.29, 0.717) is 47.5 Å². The van der Waals surface area contributed by atoms with Crippen LogP contribution in [-0.4, -0.2) is 49.7 Å². The Bertz CT molecular complexity index is 792. The van der Waals surface area contributed by atoms with E-state index >= 15 is 0 Å². The van der Waals surface area contributed by atoms with Gasteiger partial charge in [-0.05, 0) is 49.3 Å². The van der Waals surface area contributed by atoms with E-state index in [9.17, 15) is 13.2 Å². The molecule has 0 radical (unpaired) electrons. The van der Waals surface area contributed by atoms with Crippen molar-refractivity contribution >= 4 is 39.1 Å². The topological polar surface area (TPSA) is 57.7 Å². The van der Waals surface area contributed by atoms with Crippen LogP contribution in [0.4, 0.5) is 0 Å². The van der Waals surface area contributed by atoms with Gasteiger partial charge in [-0.1, -0.05) is 36.2 Å². The number of piperidine rings is 2. The molecule has 5 nitrogen and oxygen atoms in total. The number of likely N-dealkylation sites (tertiary alicyclic amines) is 1. The van der Waals surface area contributed by atoms with Crippen LogP contribution in [-0.2, 0) is 20.6 Å². The summed E-state index contributed by atoms with van der Waals surface area (Å²) in [4.78, 5) is 14.7. The maximum Gasteiger partial charge on any atom is 0.225 e. The maximum absolute atomic E-state index is 12.7. The quantitative estimate of drug-likeness (QED) is 0.726. The van der Waals surface area contributed by atoms with E-state index in [1.165, 1.54) is 10.7 Å². The Hall–Kier alpha value is -0.820. The summed E-state index contributed by atoms with van der Waals surface area (Å²) >= 11 is 11.9. The van der Waals surface area contributed by atoms with Gasteiger partial charge in [-0.25, -0.2) is 12.7 Å². The van der Waals surface area contributed by atoms with Gasteiger partial charge >= 0.3 is 0 Å². The molecule has 0 unspecified atom stereocenters. The van der Waals surface area contributed by atoms with Crippen molar-refractivity contribution in [1.82, 2.24) is 9.21 Å². The molecule has 0 spiro atoms. The van der Waals surface area contributed by atoms with E-state index in [0.717, 1.165) is 19.5 Å². The second kappa shape index (κ2) is 8.68. The summed E-state index contributed by atoms with van der Waals surface area (Å²) in [7, 11) is -3.44. The Kier molecular flexibility index (Phi) is 6.72. The molecule has 0 aromatic heterocycles. The van der Waals surface area contributed by atoms with E-state index in [1.54, 1.807) is 18.2 Å². The average molecular weight is 433 g/mol. The number of hydrogen-bond donors (Lipinski definition) is 0. The SMILES string of the molecule is C[C@@H]1CCCN(C(=O)C2CCN(S(=O)(=O)Cc3ccc(Cl)c(Cl)c3)CC2)C1. The summed E-state index contributed by atoms with van der Waals surface area (Å²) in [6, 6.07) is 4.88. The van der Waals surface area contributed by atoms with Gasteiger partial charge in [0, 0.05) is 32.1 Å². The summed E-state index contributed by atoms with van der Waals surface area (Å²) in [6.07, 6.45) is 3.41. The summed E-state index contributed by atoms with van der Waals surface area (Å²) in [5.41, 5.74) is 0.616. The number of halogens is 2. The van der Waals surface area contributed by atoms with Crippen LogP contribution in [0.15, 0.2) is 18.2 Å².